The first-order valence-electron chi connectivity index (χ1n) is 6.07. The van der Waals surface area contributed by atoms with Crippen LogP contribution in [-0.4, -0.2) is 9.55 Å². The van der Waals surface area contributed by atoms with Crippen LogP contribution in [0.2, 0.25) is 0 Å². The summed E-state index contributed by atoms with van der Waals surface area (Å²) in [6, 6.07) is 18.9. The van der Waals surface area contributed by atoms with Crippen molar-refractivity contribution >= 4 is 45.8 Å². The molecule has 2 aromatic rings. The molecule has 0 saturated carbocycles. The van der Waals surface area contributed by atoms with E-state index in [1.165, 1.54) is 22.0 Å². The monoisotopic (exact) mass is 360 g/mol. The third-order valence-electron chi connectivity index (χ3n) is 3.57. The van der Waals surface area contributed by atoms with Crippen molar-refractivity contribution in [3.05, 3.63) is 54.6 Å². The van der Waals surface area contributed by atoms with E-state index in [1.807, 2.05) is 6.07 Å². The predicted octanol–water partition coefficient (Wildman–Crippen LogP) is 4.45. The lowest BCUT2D eigenvalue weighted by molar-refractivity contribution is 0.967. The Morgan fingerprint density at radius 2 is 1.68 bits per heavy atom. The van der Waals surface area contributed by atoms with Gasteiger partial charge in [-0.1, -0.05) is 36.4 Å². The van der Waals surface area contributed by atoms with Crippen LogP contribution in [0.15, 0.2) is 54.6 Å². The lowest BCUT2D eigenvalue weighted by Crippen LogP contribution is -1.98. The van der Waals surface area contributed by atoms with Gasteiger partial charge in [-0.25, -0.2) is 4.98 Å². The number of hydrogen-bond acceptors (Lipinski definition) is 1. The molecule has 2 aliphatic rings. The zero-order valence-electron chi connectivity index (χ0n) is 10.5. The highest BCUT2D eigenvalue weighted by atomic mass is 127. The lowest BCUT2D eigenvalue weighted by atomic mass is 10.1. The van der Waals surface area contributed by atoms with Crippen LogP contribution < -0.4 is 0 Å². The van der Waals surface area contributed by atoms with Crippen LogP contribution in [0.5, 0.6) is 0 Å². The van der Waals surface area contributed by atoms with Gasteiger partial charge >= 0.3 is 0 Å². The van der Waals surface area contributed by atoms with Crippen molar-refractivity contribution in [1.82, 2.24) is 9.55 Å². The molecule has 2 nitrogen and oxygen atoms in total. The smallest absolute Gasteiger partial charge is 0.0887 e. The number of para-hydroxylation sites is 2. The molecule has 4 rings (SSSR count). The Balaban J connectivity index is 0.00000110. The summed E-state index contributed by atoms with van der Waals surface area (Å²) < 4.78 is 2.24. The second kappa shape index (κ2) is 4.49. The van der Waals surface area contributed by atoms with Crippen LogP contribution in [-0.2, 0) is 7.05 Å². The Kier molecular flexibility index (Phi) is 2.93. The van der Waals surface area contributed by atoms with Crippen LogP contribution >= 0.6 is 24.0 Å². The van der Waals surface area contributed by atoms with E-state index >= 15 is 0 Å². The van der Waals surface area contributed by atoms with Gasteiger partial charge in [0.2, 0.25) is 0 Å². The van der Waals surface area contributed by atoms with Crippen molar-refractivity contribution in [2.45, 2.75) is 0 Å². The Hall–Kier alpha value is -1.62. The first kappa shape index (κ1) is 12.4. The summed E-state index contributed by atoms with van der Waals surface area (Å²) in [4.78, 5) is 4.71. The fourth-order valence-corrected chi connectivity index (χ4v) is 2.73. The molecule has 0 unspecified atom stereocenters. The summed E-state index contributed by atoms with van der Waals surface area (Å²) in [7, 11) is 2.11. The number of pyridine rings is 1. The maximum absolute atomic E-state index is 4.71. The molecule has 0 atom stereocenters. The van der Waals surface area contributed by atoms with Crippen molar-refractivity contribution in [1.29, 1.82) is 0 Å². The maximum Gasteiger partial charge on any atom is 0.0887 e. The molecule has 0 saturated heterocycles. The maximum atomic E-state index is 4.71. The molecule has 2 aromatic carbocycles. The third-order valence-corrected chi connectivity index (χ3v) is 3.57. The van der Waals surface area contributed by atoms with E-state index in [-0.39, 0.29) is 24.0 Å². The summed E-state index contributed by atoms with van der Waals surface area (Å²) in [5.74, 6) is 0. The fourth-order valence-electron chi connectivity index (χ4n) is 2.73. The number of nitrogens with zero attached hydrogens (tertiary/aromatic N) is 2. The van der Waals surface area contributed by atoms with Crippen molar-refractivity contribution in [3.8, 4) is 11.4 Å². The minimum atomic E-state index is 0. The van der Waals surface area contributed by atoms with E-state index in [9.17, 15) is 0 Å². The summed E-state index contributed by atoms with van der Waals surface area (Å²) in [5, 5.41) is 2.45. The molecule has 0 amide bonds. The molecule has 0 aromatic heterocycles. The van der Waals surface area contributed by atoms with Crippen LogP contribution in [0.1, 0.15) is 0 Å². The van der Waals surface area contributed by atoms with Gasteiger partial charge in [0.25, 0.3) is 0 Å². The minimum absolute atomic E-state index is 0. The quantitative estimate of drug-likeness (QED) is 0.424. The van der Waals surface area contributed by atoms with Gasteiger partial charge < -0.3 is 4.57 Å². The minimum Gasteiger partial charge on any atom is -0.342 e. The summed E-state index contributed by atoms with van der Waals surface area (Å²) in [5.41, 5.74) is 4.59. The van der Waals surface area contributed by atoms with Gasteiger partial charge in [-0.2, -0.15) is 0 Å². The average molecular weight is 360 g/mol. The summed E-state index contributed by atoms with van der Waals surface area (Å²) in [6.07, 6.45) is 0. The van der Waals surface area contributed by atoms with Crippen LogP contribution in [0.4, 0.5) is 0 Å². The molecule has 2 heterocycles. The van der Waals surface area contributed by atoms with Crippen molar-refractivity contribution in [2.75, 3.05) is 0 Å². The molecule has 0 radical (unpaired) electrons. The highest BCUT2D eigenvalue weighted by Gasteiger charge is 2.15. The van der Waals surface area contributed by atoms with E-state index in [0.29, 0.717) is 0 Å². The summed E-state index contributed by atoms with van der Waals surface area (Å²) >= 11 is 0. The Morgan fingerprint density at radius 3 is 2.58 bits per heavy atom. The Labute approximate surface area is 128 Å². The number of aryl methyl sites for hydroxylation is 1. The Bertz CT molecular complexity index is 848. The number of halogens is 1. The molecule has 2 aliphatic heterocycles. The van der Waals surface area contributed by atoms with Crippen LogP contribution in [0.25, 0.3) is 33.2 Å². The number of aromatic nitrogens is 2. The van der Waals surface area contributed by atoms with Crippen LogP contribution in [0, 0.1) is 0 Å². The van der Waals surface area contributed by atoms with Crippen molar-refractivity contribution < 1.29 is 0 Å². The molecular formula is C16H13IN2. The van der Waals surface area contributed by atoms with Gasteiger partial charge in [-0.3, -0.25) is 0 Å². The molecule has 3 heteroatoms. The van der Waals surface area contributed by atoms with Gasteiger partial charge in [0, 0.05) is 23.3 Å². The first-order valence-corrected chi connectivity index (χ1v) is 6.07. The van der Waals surface area contributed by atoms with E-state index < -0.39 is 0 Å². The van der Waals surface area contributed by atoms with Crippen molar-refractivity contribution in [3.63, 3.8) is 0 Å². The van der Waals surface area contributed by atoms with E-state index in [4.69, 9.17) is 4.98 Å². The second-order valence-electron chi connectivity index (χ2n) is 4.62. The summed E-state index contributed by atoms with van der Waals surface area (Å²) in [6.45, 7) is 0. The van der Waals surface area contributed by atoms with Gasteiger partial charge in [0.05, 0.1) is 16.9 Å². The van der Waals surface area contributed by atoms with Crippen molar-refractivity contribution in [2.24, 2.45) is 7.05 Å². The number of benzene rings is 2. The number of hydrogen-bond donors (Lipinski definition) is 0. The molecular weight excluding hydrogens is 347 g/mol. The lowest BCUT2D eigenvalue weighted by Gasteiger charge is -2.11. The topological polar surface area (TPSA) is 17.8 Å². The fraction of sp³-hybridized carbons (Fsp3) is 0.0625. The van der Waals surface area contributed by atoms with E-state index in [0.717, 1.165) is 11.2 Å². The molecule has 0 N–H and O–H groups in total. The largest absolute Gasteiger partial charge is 0.342 e. The predicted molar refractivity (Wildman–Crippen MR) is 90.3 cm³/mol. The number of fused-ring (bicyclic) bond motifs is 4. The molecule has 0 fully saturated rings. The normalized spacial score (nSPS) is 11.0. The van der Waals surface area contributed by atoms with Gasteiger partial charge in [-0.05, 0) is 18.2 Å². The first-order chi connectivity index (χ1) is 8.84. The second-order valence-corrected chi connectivity index (χ2v) is 4.62. The zero-order chi connectivity index (χ0) is 12.1. The molecule has 0 aliphatic carbocycles. The zero-order valence-corrected chi connectivity index (χ0v) is 12.8. The Morgan fingerprint density at radius 1 is 0.947 bits per heavy atom. The molecule has 0 spiro atoms. The molecule has 19 heavy (non-hydrogen) atoms. The van der Waals surface area contributed by atoms with Gasteiger partial charge in [0.1, 0.15) is 0 Å². The van der Waals surface area contributed by atoms with Crippen LogP contribution in [0.3, 0.4) is 0 Å². The highest BCUT2D eigenvalue weighted by molar-refractivity contribution is 14.0. The molecule has 0 bridgehead atoms. The van der Waals surface area contributed by atoms with E-state index in [2.05, 4.69) is 60.1 Å². The average Bonchev–Trinajstić information content (AvgIpc) is 2.77. The van der Waals surface area contributed by atoms with E-state index in [1.54, 1.807) is 0 Å². The van der Waals surface area contributed by atoms with Gasteiger partial charge in [0.15, 0.2) is 0 Å². The van der Waals surface area contributed by atoms with Gasteiger partial charge in [-0.15, -0.1) is 24.0 Å². The standard InChI is InChI=1S/C16H12N2.HI/c1-18-15-9-5-2-6-11(15)10-14-16(18)12-7-3-4-8-13(12)17-14;/h2-10H,1H3;1H. The highest BCUT2D eigenvalue weighted by Crippen LogP contribution is 2.33. The SMILES string of the molecule is Cn1c2c3ccccc3nc-2cc2ccccc21.I. The number of rotatable bonds is 0. The third kappa shape index (κ3) is 1.72. The molecule has 94 valence electrons.